The van der Waals surface area contributed by atoms with E-state index in [0.717, 1.165) is 86.4 Å². The molecule has 2 fully saturated rings. The lowest BCUT2D eigenvalue weighted by Crippen LogP contribution is -2.41. The summed E-state index contributed by atoms with van der Waals surface area (Å²) in [6.45, 7) is 15.5. The van der Waals surface area contributed by atoms with Crippen LogP contribution in [0.2, 0.25) is 5.02 Å². The van der Waals surface area contributed by atoms with Crippen molar-refractivity contribution >= 4 is 17.5 Å². The molecule has 7 heteroatoms. The highest BCUT2D eigenvalue weighted by molar-refractivity contribution is 6.33. The maximum absolute atomic E-state index is 12.7. The van der Waals surface area contributed by atoms with Gasteiger partial charge in [-0.3, -0.25) is 9.69 Å². The van der Waals surface area contributed by atoms with Gasteiger partial charge in [0.15, 0.2) is 0 Å². The van der Waals surface area contributed by atoms with Crippen LogP contribution in [0, 0.1) is 31.6 Å². The van der Waals surface area contributed by atoms with Crippen molar-refractivity contribution in [2.45, 2.75) is 66.3 Å². The number of hydrogen-bond acceptors (Lipinski definition) is 5. The summed E-state index contributed by atoms with van der Waals surface area (Å²) in [6, 6.07) is 5.83. The van der Waals surface area contributed by atoms with Gasteiger partial charge in [-0.15, -0.1) is 0 Å². The molecule has 0 bridgehead atoms. The number of oxazole rings is 1. The minimum absolute atomic E-state index is 0.114. The monoisotopic (exact) mass is 514 g/mol. The molecule has 0 saturated carbocycles. The molecule has 1 aromatic carbocycles. The van der Waals surface area contributed by atoms with Crippen LogP contribution in [-0.4, -0.2) is 60.0 Å². The van der Waals surface area contributed by atoms with E-state index in [4.69, 9.17) is 21.0 Å². The molecule has 0 radical (unpaired) electrons. The van der Waals surface area contributed by atoms with Crippen LogP contribution in [0.3, 0.4) is 0 Å². The van der Waals surface area contributed by atoms with Gasteiger partial charge in [0.25, 0.3) is 0 Å². The van der Waals surface area contributed by atoms with Gasteiger partial charge in [0, 0.05) is 19.0 Å². The number of piperidine rings is 2. The van der Waals surface area contributed by atoms with Crippen LogP contribution in [0.5, 0.6) is 0 Å². The van der Waals surface area contributed by atoms with E-state index < -0.39 is 0 Å². The van der Waals surface area contributed by atoms with Crippen LogP contribution in [0.25, 0.3) is 11.5 Å². The molecular formula is C29H43ClN4O2. The Balaban J connectivity index is 1.17. The van der Waals surface area contributed by atoms with Crippen molar-refractivity contribution < 1.29 is 9.21 Å². The molecule has 0 aliphatic carbocycles. The van der Waals surface area contributed by atoms with E-state index in [1.807, 2.05) is 32.0 Å². The highest BCUT2D eigenvalue weighted by Crippen LogP contribution is 2.32. The van der Waals surface area contributed by atoms with Gasteiger partial charge in [-0.05, 0) is 102 Å². The fourth-order valence-electron chi connectivity index (χ4n) is 5.65. The van der Waals surface area contributed by atoms with Crippen LogP contribution in [-0.2, 0) is 11.3 Å². The molecule has 2 aliphatic rings. The van der Waals surface area contributed by atoms with Crippen molar-refractivity contribution in [1.82, 2.24) is 20.1 Å². The first-order valence-corrected chi connectivity index (χ1v) is 14.1. The molecule has 1 amide bonds. The molecule has 2 aliphatic heterocycles. The molecule has 4 rings (SSSR count). The summed E-state index contributed by atoms with van der Waals surface area (Å²) < 4.78 is 5.99. The molecule has 0 unspecified atom stereocenters. The molecule has 198 valence electrons. The Morgan fingerprint density at radius 1 is 1.11 bits per heavy atom. The lowest BCUT2D eigenvalue weighted by molar-refractivity contribution is -0.126. The number of carbonyl (C=O) groups excluding carboxylic acids is 1. The number of rotatable bonds is 9. The lowest BCUT2D eigenvalue weighted by atomic mass is 9.87. The van der Waals surface area contributed by atoms with Gasteiger partial charge in [0.1, 0.15) is 5.76 Å². The van der Waals surface area contributed by atoms with E-state index in [1.54, 1.807) is 0 Å². The number of amides is 1. The SMILES string of the molecule is Cc1cccc(Cl)c1-c1nc(CN2CCC(C(=O)NCCCN3CCC(C(C)C)CC3)CC2)c(C)o1. The van der Waals surface area contributed by atoms with E-state index in [1.165, 1.54) is 25.9 Å². The van der Waals surface area contributed by atoms with Crippen molar-refractivity contribution in [1.29, 1.82) is 0 Å². The molecule has 0 atom stereocenters. The Bertz CT molecular complexity index is 984. The smallest absolute Gasteiger partial charge is 0.228 e. The van der Waals surface area contributed by atoms with Crippen molar-refractivity contribution in [2.24, 2.45) is 17.8 Å². The predicted octanol–water partition coefficient (Wildman–Crippen LogP) is 5.70. The number of carbonyl (C=O) groups is 1. The number of hydrogen-bond donors (Lipinski definition) is 1. The second-order valence-electron chi connectivity index (χ2n) is 11.1. The second kappa shape index (κ2) is 12.6. The Hall–Kier alpha value is -1.89. The minimum Gasteiger partial charge on any atom is -0.441 e. The van der Waals surface area contributed by atoms with E-state index in [0.29, 0.717) is 10.9 Å². The average Bonchev–Trinajstić information content (AvgIpc) is 3.21. The Morgan fingerprint density at radius 2 is 1.81 bits per heavy atom. The first-order chi connectivity index (χ1) is 17.3. The number of aromatic nitrogens is 1. The van der Waals surface area contributed by atoms with Gasteiger partial charge < -0.3 is 14.6 Å². The summed E-state index contributed by atoms with van der Waals surface area (Å²) in [5.74, 6) is 3.44. The lowest BCUT2D eigenvalue weighted by Gasteiger charge is -2.34. The van der Waals surface area contributed by atoms with Gasteiger partial charge in [0.2, 0.25) is 11.8 Å². The number of benzene rings is 1. The van der Waals surface area contributed by atoms with Crippen LogP contribution in [0.4, 0.5) is 0 Å². The van der Waals surface area contributed by atoms with Crippen LogP contribution in [0.1, 0.15) is 63.0 Å². The third-order valence-corrected chi connectivity index (χ3v) is 8.50. The van der Waals surface area contributed by atoms with Crippen molar-refractivity contribution in [2.75, 3.05) is 39.3 Å². The fourth-order valence-corrected chi connectivity index (χ4v) is 5.95. The summed E-state index contributed by atoms with van der Waals surface area (Å²) in [5, 5.41) is 3.86. The molecule has 2 saturated heterocycles. The molecule has 1 N–H and O–H groups in total. The van der Waals surface area contributed by atoms with Gasteiger partial charge >= 0.3 is 0 Å². The number of likely N-dealkylation sites (tertiary alicyclic amines) is 2. The van der Waals surface area contributed by atoms with Gasteiger partial charge in [-0.25, -0.2) is 4.98 Å². The molecule has 6 nitrogen and oxygen atoms in total. The maximum Gasteiger partial charge on any atom is 0.228 e. The first-order valence-electron chi connectivity index (χ1n) is 13.8. The largest absolute Gasteiger partial charge is 0.441 e. The average molecular weight is 515 g/mol. The standard InChI is InChI=1S/C29H43ClN4O2/c1-20(2)23-9-15-33(16-10-23)14-6-13-31-28(35)24-11-17-34(18-12-24)19-26-22(4)36-29(32-26)27-21(3)7-5-8-25(27)30/h5,7-8,20,23-24H,6,9-19H2,1-4H3,(H,31,35). The normalized spacial score (nSPS) is 18.7. The minimum atomic E-state index is 0.114. The Kier molecular flexibility index (Phi) is 9.48. The third-order valence-electron chi connectivity index (χ3n) is 8.19. The van der Waals surface area contributed by atoms with Crippen LogP contribution < -0.4 is 5.32 Å². The van der Waals surface area contributed by atoms with Crippen molar-refractivity contribution in [3.63, 3.8) is 0 Å². The first kappa shape index (κ1) is 27.2. The predicted molar refractivity (Wildman–Crippen MR) is 146 cm³/mol. The van der Waals surface area contributed by atoms with E-state index in [2.05, 4.69) is 29.0 Å². The molecule has 2 aromatic rings. The topological polar surface area (TPSA) is 61.6 Å². The van der Waals surface area contributed by atoms with Crippen LogP contribution in [0.15, 0.2) is 22.6 Å². The number of nitrogens with zero attached hydrogens (tertiary/aromatic N) is 3. The summed E-state index contributed by atoms with van der Waals surface area (Å²) in [7, 11) is 0. The summed E-state index contributed by atoms with van der Waals surface area (Å²) in [4.78, 5) is 22.4. The highest BCUT2D eigenvalue weighted by Gasteiger charge is 2.26. The Morgan fingerprint density at radius 3 is 2.47 bits per heavy atom. The van der Waals surface area contributed by atoms with Gasteiger partial charge in [0.05, 0.1) is 16.3 Å². The zero-order valence-corrected chi connectivity index (χ0v) is 23.2. The van der Waals surface area contributed by atoms with Gasteiger partial charge in [-0.1, -0.05) is 37.6 Å². The number of aryl methyl sites for hydroxylation is 2. The summed E-state index contributed by atoms with van der Waals surface area (Å²) in [5.41, 5.74) is 2.87. The van der Waals surface area contributed by atoms with E-state index in [9.17, 15) is 4.79 Å². The number of halogens is 1. The second-order valence-corrected chi connectivity index (χ2v) is 11.5. The fraction of sp³-hybridized carbons (Fsp3) is 0.655. The van der Waals surface area contributed by atoms with Crippen molar-refractivity contribution in [3.05, 3.63) is 40.2 Å². The maximum atomic E-state index is 12.7. The summed E-state index contributed by atoms with van der Waals surface area (Å²) >= 11 is 6.41. The summed E-state index contributed by atoms with van der Waals surface area (Å²) in [6.07, 6.45) is 5.45. The van der Waals surface area contributed by atoms with Crippen molar-refractivity contribution in [3.8, 4) is 11.5 Å². The molecule has 0 spiro atoms. The Labute approximate surface area is 221 Å². The van der Waals surface area contributed by atoms with Crippen LogP contribution >= 0.6 is 11.6 Å². The molecule has 1 aromatic heterocycles. The third kappa shape index (κ3) is 6.90. The molecule has 36 heavy (non-hydrogen) atoms. The highest BCUT2D eigenvalue weighted by atomic mass is 35.5. The quantitative estimate of drug-likeness (QED) is 0.435. The zero-order valence-electron chi connectivity index (χ0n) is 22.5. The van der Waals surface area contributed by atoms with Gasteiger partial charge in [-0.2, -0.15) is 0 Å². The molecular weight excluding hydrogens is 472 g/mol. The molecule has 3 heterocycles. The van der Waals surface area contributed by atoms with E-state index >= 15 is 0 Å². The zero-order chi connectivity index (χ0) is 25.7. The number of nitrogens with one attached hydrogen (secondary N) is 1. The van der Waals surface area contributed by atoms with E-state index in [-0.39, 0.29) is 11.8 Å².